The van der Waals surface area contributed by atoms with Crippen molar-refractivity contribution in [2.75, 3.05) is 0 Å². The summed E-state index contributed by atoms with van der Waals surface area (Å²) in [6.07, 6.45) is 4.38. The molecule has 0 radical (unpaired) electrons. The lowest BCUT2D eigenvalue weighted by Gasteiger charge is -2.42. The maximum Gasteiger partial charge on any atom is 0.0924 e. The Morgan fingerprint density at radius 1 is 1.32 bits per heavy atom. The third-order valence-electron chi connectivity index (χ3n) is 4.90. The molecule has 3 unspecified atom stereocenters. The fourth-order valence-electron chi connectivity index (χ4n) is 3.49. The van der Waals surface area contributed by atoms with E-state index in [0.29, 0.717) is 17.8 Å². The molecule has 106 valence electrons. The number of rotatable bonds is 3. The monoisotopic (exact) mass is 260 g/mol. The largest absolute Gasteiger partial charge is 0.385 e. The summed E-state index contributed by atoms with van der Waals surface area (Å²) in [7, 11) is 0. The van der Waals surface area contributed by atoms with Gasteiger partial charge in [0.1, 0.15) is 0 Å². The first-order chi connectivity index (χ1) is 8.93. The molecule has 3 atom stereocenters. The van der Waals surface area contributed by atoms with E-state index in [-0.39, 0.29) is 0 Å². The van der Waals surface area contributed by atoms with Gasteiger partial charge < -0.3 is 5.11 Å². The first-order valence-electron chi connectivity index (χ1n) is 7.75. The number of benzene rings is 1. The third kappa shape index (κ3) is 3.02. The van der Waals surface area contributed by atoms with Crippen LogP contribution in [0.15, 0.2) is 24.3 Å². The lowest BCUT2D eigenvalue weighted by molar-refractivity contribution is -0.0689. The topological polar surface area (TPSA) is 20.2 Å². The molecule has 2 rings (SSSR count). The van der Waals surface area contributed by atoms with Crippen LogP contribution < -0.4 is 0 Å². The third-order valence-corrected chi connectivity index (χ3v) is 4.90. The van der Waals surface area contributed by atoms with Crippen molar-refractivity contribution >= 4 is 0 Å². The van der Waals surface area contributed by atoms with Crippen LogP contribution in [-0.2, 0) is 12.0 Å². The number of hydrogen-bond donors (Lipinski definition) is 1. The molecule has 1 aliphatic carbocycles. The summed E-state index contributed by atoms with van der Waals surface area (Å²) in [6, 6.07) is 8.63. The van der Waals surface area contributed by atoms with E-state index in [1.807, 2.05) is 0 Å². The van der Waals surface area contributed by atoms with Crippen molar-refractivity contribution in [3.8, 4) is 0 Å². The first-order valence-corrected chi connectivity index (χ1v) is 7.75. The molecule has 1 aromatic carbocycles. The molecule has 0 aromatic heterocycles. The average molecular weight is 260 g/mol. The highest BCUT2D eigenvalue weighted by molar-refractivity contribution is 5.29. The Morgan fingerprint density at radius 3 is 2.74 bits per heavy atom. The van der Waals surface area contributed by atoms with Gasteiger partial charge in [0.05, 0.1) is 5.60 Å². The molecule has 0 heterocycles. The van der Waals surface area contributed by atoms with E-state index >= 15 is 0 Å². The molecule has 1 heteroatoms. The summed E-state index contributed by atoms with van der Waals surface area (Å²) in [6.45, 7) is 8.96. The van der Waals surface area contributed by atoms with Crippen molar-refractivity contribution in [2.45, 2.75) is 59.0 Å². The Morgan fingerprint density at radius 2 is 2.05 bits per heavy atom. The van der Waals surface area contributed by atoms with Crippen LogP contribution in [0.4, 0.5) is 0 Å². The predicted octanol–water partition coefficient (Wildman–Crippen LogP) is 4.53. The highest BCUT2D eigenvalue weighted by Crippen LogP contribution is 2.44. The lowest BCUT2D eigenvalue weighted by atomic mass is 9.67. The average Bonchev–Trinajstić information content (AvgIpc) is 2.35. The van der Waals surface area contributed by atoms with Crippen LogP contribution in [-0.4, -0.2) is 5.11 Å². The zero-order valence-corrected chi connectivity index (χ0v) is 12.8. The minimum absolute atomic E-state index is 0.343. The van der Waals surface area contributed by atoms with E-state index in [9.17, 15) is 5.11 Å². The summed E-state index contributed by atoms with van der Waals surface area (Å²) in [4.78, 5) is 0. The van der Waals surface area contributed by atoms with Crippen LogP contribution in [0.1, 0.15) is 58.1 Å². The van der Waals surface area contributed by atoms with Crippen LogP contribution in [0, 0.1) is 17.8 Å². The van der Waals surface area contributed by atoms with Crippen LogP contribution >= 0.6 is 0 Å². The minimum atomic E-state index is -0.620. The van der Waals surface area contributed by atoms with Crippen LogP contribution in [0.25, 0.3) is 0 Å². The zero-order valence-electron chi connectivity index (χ0n) is 12.8. The molecule has 1 saturated carbocycles. The van der Waals surface area contributed by atoms with Gasteiger partial charge in [-0.2, -0.15) is 0 Å². The highest BCUT2D eigenvalue weighted by Gasteiger charge is 2.41. The van der Waals surface area contributed by atoms with Crippen molar-refractivity contribution in [2.24, 2.45) is 17.8 Å². The van der Waals surface area contributed by atoms with Crippen molar-refractivity contribution < 1.29 is 5.11 Å². The van der Waals surface area contributed by atoms with Crippen molar-refractivity contribution in [3.05, 3.63) is 35.4 Å². The predicted molar refractivity (Wildman–Crippen MR) is 81.1 cm³/mol. The molecule has 0 amide bonds. The molecule has 0 aliphatic heterocycles. The van der Waals surface area contributed by atoms with Gasteiger partial charge in [0.2, 0.25) is 0 Å². The minimum Gasteiger partial charge on any atom is -0.385 e. The molecule has 1 nitrogen and oxygen atoms in total. The molecule has 0 spiro atoms. The highest BCUT2D eigenvalue weighted by atomic mass is 16.3. The molecule has 0 bridgehead atoms. The molecule has 19 heavy (non-hydrogen) atoms. The van der Waals surface area contributed by atoms with Crippen LogP contribution in [0.5, 0.6) is 0 Å². The van der Waals surface area contributed by atoms with Gasteiger partial charge >= 0.3 is 0 Å². The zero-order chi connectivity index (χ0) is 14.0. The summed E-state index contributed by atoms with van der Waals surface area (Å²) < 4.78 is 0. The Labute approximate surface area is 118 Å². The molecule has 1 aromatic rings. The van der Waals surface area contributed by atoms with Gasteiger partial charge in [-0.3, -0.25) is 0 Å². The Bertz CT molecular complexity index is 423. The van der Waals surface area contributed by atoms with Crippen molar-refractivity contribution in [1.29, 1.82) is 0 Å². The molecular weight excluding hydrogens is 232 g/mol. The standard InChI is InChI=1S/C18H28O/c1-13(2)11-16-8-5-9-17(12-16)18(19)10-6-7-14(3)15(18)4/h5,8-9,12-15,19H,6-7,10-11H2,1-4H3. The van der Waals surface area contributed by atoms with E-state index in [1.165, 1.54) is 12.0 Å². The maximum atomic E-state index is 11.1. The van der Waals surface area contributed by atoms with Gasteiger partial charge in [0, 0.05) is 0 Å². The SMILES string of the molecule is CC(C)Cc1cccc(C2(O)CCCC(C)C2C)c1. The van der Waals surface area contributed by atoms with Gasteiger partial charge in [-0.15, -0.1) is 0 Å². The van der Waals surface area contributed by atoms with Gasteiger partial charge in [-0.25, -0.2) is 0 Å². The lowest BCUT2D eigenvalue weighted by Crippen LogP contribution is -2.40. The summed E-state index contributed by atoms with van der Waals surface area (Å²) in [5, 5.41) is 11.1. The van der Waals surface area contributed by atoms with E-state index < -0.39 is 5.60 Å². The summed E-state index contributed by atoms with van der Waals surface area (Å²) in [5.41, 5.74) is 1.86. The first kappa shape index (κ1) is 14.6. The van der Waals surface area contributed by atoms with Crippen molar-refractivity contribution in [1.82, 2.24) is 0 Å². The molecule has 0 saturated heterocycles. The molecule has 1 fully saturated rings. The van der Waals surface area contributed by atoms with E-state index in [0.717, 1.165) is 24.8 Å². The van der Waals surface area contributed by atoms with Gasteiger partial charge in [-0.1, -0.05) is 58.4 Å². The van der Waals surface area contributed by atoms with Crippen molar-refractivity contribution in [3.63, 3.8) is 0 Å². The molecular formula is C18H28O. The summed E-state index contributed by atoms with van der Waals surface area (Å²) >= 11 is 0. The fraction of sp³-hybridized carbons (Fsp3) is 0.667. The quantitative estimate of drug-likeness (QED) is 0.846. The Kier molecular flexibility index (Phi) is 4.35. The van der Waals surface area contributed by atoms with Gasteiger partial charge in [0.15, 0.2) is 0 Å². The van der Waals surface area contributed by atoms with Gasteiger partial charge in [-0.05, 0) is 48.1 Å². The maximum absolute atomic E-state index is 11.1. The molecule has 1 aliphatic rings. The number of hydrogen-bond acceptors (Lipinski definition) is 1. The van der Waals surface area contributed by atoms with Gasteiger partial charge in [0.25, 0.3) is 0 Å². The van der Waals surface area contributed by atoms with E-state index in [2.05, 4.69) is 52.0 Å². The van der Waals surface area contributed by atoms with E-state index in [4.69, 9.17) is 0 Å². The second-order valence-electron chi connectivity index (χ2n) is 6.88. The molecule has 1 N–H and O–H groups in total. The summed E-state index contributed by atoms with van der Waals surface area (Å²) in [5.74, 6) is 1.61. The fourth-order valence-corrected chi connectivity index (χ4v) is 3.49. The second-order valence-corrected chi connectivity index (χ2v) is 6.88. The Balaban J connectivity index is 2.29. The second kappa shape index (κ2) is 5.66. The van der Waals surface area contributed by atoms with Crippen LogP contribution in [0.3, 0.4) is 0 Å². The van der Waals surface area contributed by atoms with Crippen LogP contribution in [0.2, 0.25) is 0 Å². The number of aliphatic hydroxyl groups is 1. The smallest absolute Gasteiger partial charge is 0.0924 e. The normalized spacial score (nSPS) is 31.7. The Hall–Kier alpha value is -0.820. The van der Waals surface area contributed by atoms with E-state index in [1.54, 1.807) is 0 Å².